The molecule has 0 bridgehead atoms. The Morgan fingerprint density at radius 3 is 2.75 bits per heavy atom. The lowest BCUT2D eigenvalue weighted by Crippen LogP contribution is -2.37. The van der Waals surface area contributed by atoms with E-state index >= 15 is 0 Å². The first-order valence-corrected chi connectivity index (χ1v) is 8.18. The number of nitrogens with one attached hydrogen (secondary N) is 1. The maximum atomic E-state index is 5.84. The zero-order valence-corrected chi connectivity index (χ0v) is 13.0. The molecule has 1 aromatic rings. The molecule has 1 N–H and O–H groups in total. The third-order valence-electron chi connectivity index (χ3n) is 4.78. The van der Waals surface area contributed by atoms with Gasteiger partial charge in [0, 0.05) is 6.04 Å². The minimum Gasteiger partial charge on any atom is -0.494 e. The van der Waals surface area contributed by atoms with Gasteiger partial charge in [0.25, 0.3) is 0 Å². The zero-order valence-electron chi connectivity index (χ0n) is 13.0. The number of para-hydroxylation sites is 1. The number of hydrogen-bond donors (Lipinski definition) is 1. The van der Waals surface area contributed by atoms with Crippen LogP contribution in [0, 0.1) is 11.8 Å². The Hall–Kier alpha value is -1.02. The molecule has 0 spiro atoms. The molecule has 0 radical (unpaired) electrons. The van der Waals surface area contributed by atoms with Crippen molar-refractivity contribution in [3.8, 4) is 5.75 Å². The summed E-state index contributed by atoms with van der Waals surface area (Å²) < 4.78 is 5.84. The Morgan fingerprint density at radius 1 is 1.25 bits per heavy atom. The Balaban J connectivity index is 1.77. The average Bonchev–Trinajstić information content (AvgIpc) is 2.52. The highest BCUT2D eigenvalue weighted by atomic mass is 16.5. The van der Waals surface area contributed by atoms with Crippen molar-refractivity contribution in [2.24, 2.45) is 11.8 Å². The van der Waals surface area contributed by atoms with Crippen molar-refractivity contribution in [1.29, 1.82) is 0 Å². The summed E-state index contributed by atoms with van der Waals surface area (Å²) in [6, 6.07) is 10.7. The second-order valence-electron chi connectivity index (χ2n) is 6.05. The van der Waals surface area contributed by atoms with Crippen LogP contribution < -0.4 is 10.1 Å². The van der Waals surface area contributed by atoms with E-state index in [1.807, 2.05) is 30.3 Å². The molecule has 1 aliphatic rings. The summed E-state index contributed by atoms with van der Waals surface area (Å²) in [4.78, 5) is 0. The molecule has 0 amide bonds. The third kappa shape index (κ3) is 4.52. The SMILES string of the molecule is CCC1CCCC(C(CCOc2ccccc2)NC)C1. The topological polar surface area (TPSA) is 21.3 Å². The van der Waals surface area contributed by atoms with Gasteiger partial charge in [-0.25, -0.2) is 0 Å². The predicted octanol–water partition coefficient (Wildman–Crippen LogP) is 4.26. The fourth-order valence-electron chi connectivity index (χ4n) is 3.51. The van der Waals surface area contributed by atoms with E-state index in [0.717, 1.165) is 30.6 Å². The monoisotopic (exact) mass is 275 g/mol. The first-order chi connectivity index (χ1) is 9.83. The number of rotatable bonds is 7. The molecule has 2 nitrogen and oxygen atoms in total. The van der Waals surface area contributed by atoms with Gasteiger partial charge in [-0.3, -0.25) is 0 Å². The Bertz CT molecular complexity index is 365. The van der Waals surface area contributed by atoms with E-state index in [-0.39, 0.29) is 0 Å². The molecule has 2 rings (SSSR count). The van der Waals surface area contributed by atoms with Crippen LogP contribution in [-0.4, -0.2) is 19.7 Å². The molecule has 2 heteroatoms. The van der Waals surface area contributed by atoms with Crippen LogP contribution in [0.3, 0.4) is 0 Å². The van der Waals surface area contributed by atoms with E-state index in [2.05, 4.69) is 19.3 Å². The molecule has 0 saturated heterocycles. The van der Waals surface area contributed by atoms with Gasteiger partial charge < -0.3 is 10.1 Å². The molecule has 20 heavy (non-hydrogen) atoms. The quantitative estimate of drug-likeness (QED) is 0.803. The minimum atomic E-state index is 0.605. The predicted molar refractivity (Wildman–Crippen MR) is 85.1 cm³/mol. The average molecular weight is 275 g/mol. The van der Waals surface area contributed by atoms with Gasteiger partial charge in [0.1, 0.15) is 5.75 Å². The Kier molecular flexibility index (Phi) is 6.38. The second-order valence-corrected chi connectivity index (χ2v) is 6.05. The van der Waals surface area contributed by atoms with Crippen molar-refractivity contribution >= 4 is 0 Å². The fourth-order valence-corrected chi connectivity index (χ4v) is 3.51. The molecule has 1 saturated carbocycles. The van der Waals surface area contributed by atoms with Gasteiger partial charge >= 0.3 is 0 Å². The first-order valence-electron chi connectivity index (χ1n) is 8.18. The van der Waals surface area contributed by atoms with Crippen molar-refractivity contribution < 1.29 is 4.74 Å². The van der Waals surface area contributed by atoms with Gasteiger partial charge in [0.2, 0.25) is 0 Å². The highest BCUT2D eigenvalue weighted by Crippen LogP contribution is 2.33. The van der Waals surface area contributed by atoms with Crippen LogP contribution in [0.25, 0.3) is 0 Å². The fraction of sp³-hybridized carbons (Fsp3) is 0.667. The highest BCUT2D eigenvalue weighted by Gasteiger charge is 2.26. The molecule has 1 aromatic carbocycles. The summed E-state index contributed by atoms with van der Waals surface area (Å²) >= 11 is 0. The molecule has 0 heterocycles. The molecule has 1 fully saturated rings. The normalized spacial score (nSPS) is 24.3. The molecule has 3 unspecified atom stereocenters. The van der Waals surface area contributed by atoms with Gasteiger partial charge in [-0.1, -0.05) is 44.4 Å². The van der Waals surface area contributed by atoms with Crippen LogP contribution in [-0.2, 0) is 0 Å². The first kappa shape index (κ1) is 15.4. The molecular formula is C18H29NO. The molecule has 112 valence electrons. The smallest absolute Gasteiger partial charge is 0.119 e. The van der Waals surface area contributed by atoms with E-state index in [1.165, 1.54) is 32.1 Å². The molecule has 0 aromatic heterocycles. The van der Waals surface area contributed by atoms with E-state index in [9.17, 15) is 0 Å². The summed E-state index contributed by atoms with van der Waals surface area (Å²) in [5.74, 6) is 2.76. The van der Waals surface area contributed by atoms with Crippen molar-refractivity contribution in [1.82, 2.24) is 5.32 Å². The van der Waals surface area contributed by atoms with Crippen LogP contribution in [0.15, 0.2) is 30.3 Å². The summed E-state index contributed by atoms with van der Waals surface area (Å²) in [5.41, 5.74) is 0. The Morgan fingerprint density at radius 2 is 2.05 bits per heavy atom. The largest absolute Gasteiger partial charge is 0.494 e. The lowest BCUT2D eigenvalue weighted by molar-refractivity contribution is 0.187. The van der Waals surface area contributed by atoms with Crippen LogP contribution >= 0.6 is 0 Å². The lowest BCUT2D eigenvalue weighted by Gasteiger charge is -2.34. The molecule has 3 atom stereocenters. The number of ether oxygens (including phenoxy) is 1. The van der Waals surface area contributed by atoms with Crippen molar-refractivity contribution in [2.75, 3.05) is 13.7 Å². The van der Waals surface area contributed by atoms with Gasteiger partial charge in [0.15, 0.2) is 0 Å². The zero-order chi connectivity index (χ0) is 14.2. The maximum absolute atomic E-state index is 5.84. The molecule has 1 aliphatic carbocycles. The van der Waals surface area contributed by atoms with Gasteiger partial charge in [-0.05, 0) is 50.3 Å². The van der Waals surface area contributed by atoms with Crippen LogP contribution in [0.2, 0.25) is 0 Å². The van der Waals surface area contributed by atoms with Crippen molar-refractivity contribution in [3.05, 3.63) is 30.3 Å². The third-order valence-corrected chi connectivity index (χ3v) is 4.78. The maximum Gasteiger partial charge on any atom is 0.119 e. The van der Waals surface area contributed by atoms with Crippen LogP contribution in [0.4, 0.5) is 0 Å². The summed E-state index contributed by atoms with van der Waals surface area (Å²) in [5, 5.41) is 3.52. The van der Waals surface area contributed by atoms with E-state index in [0.29, 0.717) is 6.04 Å². The van der Waals surface area contributed by atoms with Crippen LogP contribution in [0.1, 0.15) is 45.4 Å². The van der Waals surface area contributed by atoms with Gasteiger partial charge in [0.05, 0.1) is 6.61 Å². The second kappa shape index (κ2) is 8.31. The summed E-state index contributed by atoms with van der Waals surface area (Å²) in [6.07, 6.45) is 8.06. The highest BCUT2D eigenvalue weighted by molar-refractivity contribution is 5.20. The van der Waals surface area contributed by atoms with Crippen LogP contribution in [0.5, 0.6) is 5.75 Å². The Labute approximate surface area is 123 Å². The van der Waals surface area contributed by atoms with Gasteiger partial charge in [-0.2, -0.15) is 0 Å². The standard InChI is InChI=1S/C18H29NO/c1-3-15-8-7-9-16(14-15)18(19-2)12-13-20-17-10-5-4-6-11-17/h4-6,10-11,15-16,18-19H,3,7-9,12-14H2,1-2H3. The van der Waals surface area contributed by atoms with Crippen molar-refractivity contribution in [2.45, 2.75) is 51.5 Å². The van der Waals surface area contributed by atoms with E-state index < -0.39 is 0 Å². The van der Waals surface area contributed by atoms with E-state index in [1.54, 1.807) is 0 Å². The summed E-state index contributed by atoms with van der Waals surface area (Å²) in [7, 11) is 2.10. The minimum absolute atomic E-state index is 0.605. The molecular weight excluding hydrogens is 246 g/mol. The summed E-state index contributed by atoms with van der Waals surface area (Å²) in [6.45, 7) is 3.14. The number of benzene rings is 1. The lowest BCUT2D eigenvalue weighted by atomic mass is 9.76. The molecule has 0 aliphatic heterocycles. The number of hydrogen-bond acceptors (Lipinski definition) is 2. The van der Waals surface area contributed by atoms with E-state index in [4.69, 9.17) is 4.74 Å². The van der Waals surface area contributed by atoms with Crippen molar-refractivity contribution in [3.63, 3.8) is 0 Å². The van der Waals surface area contributed by atoms with Gasteiger partial charge in [-0.15, -0.1) is 0 Å².